The van der Waals surface area contributed by atoms with Crippen molar-refractivity contribution in [3.8, 4) is 0 Å². The Kier molecular flexibility index (Phi) is 3.56. The number of carbonyl (C=O) groups excluding carboxylic acids is 1. The number of benzene rings is 1. The van der Waals surface area contributed by atoms with Crippen LogP contribution in [0, 0.1) is 5.92 Å². The zero-order valence-electron chi connectivity index (χ0n) is 11.6. The average molecular weight is 258 g/mol. The minimum absolute atomic E-state index is 0.202. The Balaban J connectivity index is 1.69. The summed E-state index contributed by atoms with van der Waals surface area (Å²) in [6, 6.07) is 8.72. The number of hydrogen-bond donors (Lipinski definition) is 1. The van der Waals surface area contributed by atoms with E-state index in [1.165, 1.54) is 12.0 Å². The van der Waals surface area contributed by atoms with Crippen molar-refractivity contribution < 1.29 is 4.79 Å². The molecule has 2 fully saturated rings. The molecule has 2 aliphatic heterocycles. The number of hydrogen-bond acceptors (Lipinski definition) is 2. The number of nitrogens with one attached hydrogen (secondary N) is 1. The van der Waals surface area contributed by atoms with Crippen molar-refractivity contribution in [2.75, 3.05) is 19.6 Å². The van der Waals surface area contributed by atoms with Gasteiger partial charge in [0.2, 0.25) is 0 Å². The minimum atomic E-state index is 0.202. The number of likely N-dealkylation sites (tertiary alicyclic amines) is 1. The summed E-state index contributed by atoms with van der Waals surface area (Å²) < 4.78 is 0. The van der Waals surface area contributed by atoms with Gasteiger partial charge in [-0.3, -0.25) is 4.79 Å². The van der Waals surface area contributed by atoms with E-state index in [9.17, 15) is 4.79 Å². The lowest BCUT2D eigenvalue weighted by Gasteiger charge is -2.35. The molecule has 1 aromatic rings. The Morgan fingerprint density at radius 3 is 2.84 bits per heavy atom. The summed E-state index contributed by atoms with van der Waals surface area (Å²) in [7, 11) is 0. The fraction of sp³-hybridized carbons (Fsp3) is 0.562. The van der Waals surface area contributed by atoms with Crippen molar-refractivity contribution >= 4 is 5.91 Å². The van der Waals surface area contributed by atoms with Gasteiger partial charge in [0.15, 0.2) is 0 Å². The first-order valence-electron chi connectivity index (χ1n) is 7.39. The van der Waals surface area contributed by atoms with Crippen LogP contribution < -0.4 is 5.32 Å². The van der Waals surface area contributed by atoms with Crippen molar-refractivity contribution in [3.05, 3.63) is 35.4 Å². The Hall–Kier alpha value is -1.35. The normalized spacial score (nSPS) is 26.3. The molecule has 2 unspecified atom stereocenters. The van der Waals surface area contributed by atoms with Gasteiger partial charge in [0.05, 0.1) is 0 Å². The third-order valence-corrected chi connectivity index (χ3v) is 4.55. The molecule has 3 nitrogen and oxygen atoms in total. The van der Waals surface area contributed by atoms with Gasteiger partial charge in [-0.05, 0) is 49.4 Å². The average Bonchev–Trinajstić information content (AvgIpc) is 2.94. The number of carbonyl (C=O) groups is 1. The van der Waals surface area contributed by atoms with Gasteiger partial charge in [-0.25, -0.2) is 0 Å². The molecule has 19 heavy (non-hydrogen) atoms. The van der Waals surface area contributed by atoms with E-state index in [0.717, 1.165) is 38.0 Å². The highest BCUT2D eigenvalue weighted by molar-refractivity contribution is 5.94. The monoisotopic (exact) mass is 258 g/mol. The molecule has 2 heterocycles. The quantitative estimate of drug-likeness (QED) is 0.881. The number of piperidine rings is 1. The van der Waals surface area contributed by atoms with Crippen LogP contribution in [-0.4, -0.2) is 36.5 Å². The highest BCUT2D eigenvalue weighted by Gasteiger charge is 2.34. The van der Waals surface area contributed by atoms with Crippen molar-refractivity contribution in [3.63, 3.8) is 0 Å². The fourth-order valence-corrected chi connectivity index (χ4v) is 3.30. The second kappa shape index (κ2) is 5.33. The maximum atomic E-state index is 12.5. The first-order valence-corrected chi connectivity index (χ1v) is 7.39. The molecule has 2 saturated heterocycles. The highest BCUT2D eigenvalue weighted by Crippen LogP contribution is 2.25. The third-order valence-electron chi connectivity index (χ3n) is 4.55. The predicted molar refractivity (Wildman–Crippen MR) is 76.2 cm³/mol. The molecule has 1 aromatic carbocycles. The van der Waals surface area contributed by atoms with E-state index >= 15 is 0 Å². The minimum Gasteiger partial charge on any atom is -0.338 e. The van der Waals surface area contributed by atoms with Crippen molar-refractivity contribution in [2.24, 2.45) is 5.92 Å². The summed E-state index contributed by atoms with van der Waals surface area (Å²) in [5.74, 6) is 0.862. The van der Waals surface area contributed by atoms with Gasteiger partial charge in [0.1, 0.15) is 0 Å². The smallest absolute Gasteiger partial charge is 0.253 e. The second-order valence-electron chi connectivity index (χ2n) is 5.70. The van der Waals surface area contributed by atoms with Crippen LogP contribution in [0.15, 0.2) is 24.3 Å². The third kappa shape index (κ3) is 2.52. The number of nitrogens with zero attached hydrogens (tertiary/aromatic N) is 1. The number of fused-ring (bicyclic) bond motifs is 1. The van der Waals surface area contributed by atoms with E-state index in [1.54, 1.807) is 0 Å². The topological polar surface area (TPSA) is 32.3 Å². The lowest BCUT2D eigenvalue weighted by molar-refractivity contribution is 0.0662. The Bertz CT molecular complexity index is 454. The molecule has 0 aromatic heterocycles. The van der Waals surface area contributed by atoms with Crippen LogP contribution in [0.25, 0.3) is 0 Å². The van der Waals surface area contributed by atoms with Gasteiger partial charge >= 0.3 is 0 Å². The number of rotatable bonds is 2. The van der Waals surface area contributed by atoms with Crippen LogP contribution in [0.3, 0.4) is 0 Å². The number of amides is 1. The molecular weight excluding hydrogens is 236 g/mol. The van der Waals surface area contributed by atoms with E-state index in [-0.39, 0.29) is 5.91 Å². The van der Waals surface area contributed by atoms with Crippen LogP contribution in [0.5, 0.6) is 0 Å². The van der Waals surface area contributed by atoms with Crippen LogP contribution in [0.1, 0.15) is 35.7 Å². The first kappa shape index (κ1) is 12.7. The first-order chi connectivity index (χ1) is 9.28. The summed E-state index contributed by atoms with van der Waals surface area (Å²) in [6.45, 7) is 5.06. The van der Waals surface area contributed by atoms with E-state index in [1.807, 2.05) is 17.0 Å². The van der Waals surface area contributed by atoms with Crippen molar-refractivity contribution in [2.45, 2.75) is 32.2 Å². The maximum Gasteiger partial charge on any atom is 0.253 e. The molecule has 0 saturated carbocycles. The molecule has 0 spiro atoms. The molecule has 102 valence electrons. The lowest BCUT2D eigenvalue weighted by atomic mass is 9.93. The summed E-state index contributed by atoms with van der Waals surface area (Å²) >= 11 is 0. The van der Waals surface area contributed by atoms with Gasteiger partial charge in [-0.1, -0.05) is 19.1 Å². The Morgan fingerprint density at radius 2 is 2.11 bits per heavy atom. The fourth-order valence-electron chi connectivity index (χ4n) is 3.30. The van der Waals surface area contributed by atoms with E-state index in [4.69, 9.17) is 0 Å². The van der Waals surface area contributed by atoms with Crippen LogP contribution in [0.4, 0.5) is 0 Å². The Morgan fingerprint density at radius 1 is 1.32 bits per heavy atom. The van der Waals surface area contributed by atoms with Crippen molar-refractivity contribution in [1.82, 2.24) is 10.2 Å². The molecule has 1 N–H and O–H groups in total. The molecule has 0 aliphatic carbocycles. The SMILES string of the molecule is CCc1ccc(C(=O)N2CCC3NCCC3C2)cc1. The van der Waals surface area contributed by atoms with Crippen LogP contribution >= 0.6 is 0 Å². The zero-order chi connectivity index (χ0) is 13.2. The predicted octanol–water partition coefficient (Wildman–Crippen LogP) is 2.07. The molecule has 2 aliphatic rings. The van der Waals surface area contributed by atoms with E-state index in [0.29, 0.717) is 12.0 Å². The lowest BCUT2D eigenvalue weighted by Crippen LogP contribution is -2.46. The highest BCUT2D eigenvalue weighted by atomic mass is 16.2. The summed E-state index contributed by atoms with van der Waals surface area (Å²) in [5, 5.41) is 3.53. The molecule has 3 heteroatoms. The molecule has 3 rings (SSSR count). The van der Waals surface area contributed by atoms with E-state index < -0.39 is 0 Å². The summed E-state index contributed by atoms with van der Waals surface area (Å²) in [5.41, 5.74) is 2.12. The maximum absolute atomic E-state index is 12.5. The van der Waals surface area contributed by atoms with Crippen LogP contribution in [-0.2, 0) is 6.42 Å². The summed E-state index contributed by atoms with van der Waals surface area (Å²) in [4.78, 5) is 14.5. The number of aryl methyl sites for hydroxylation is 1. The summed E-state index contributed by atoms with van der Waals surface area (Å²) in [6.07, 6.45) is 3.33. The van der Waals surface area contributed by atoms with Crippen LogP contribution in [0.2, 0.25) is 0 Å². The standard InChI is InChI=1S/C16H22N2O/c1-2-12-3-5-13(6-4-12)16(19)18-10-8-15-14(11-18)7-9-17-15/h3-6,14-15,17H,2,7-11H2,1H3. The van der Waals surface area contributed by atoms with Crippen molar-refractivity contribution in [1.29, 1.82) is 0 Å². The van der Waals surface area contributed by atoms with E-state index in [2.05, 4.69) is 24.4 Å². The molecule has 1 amide bonds. The second-order valence-corrected chi connectivity index (χ2v) is 5.70. The molecule has 0 bridgehead atoms. The van der Waals surface area contributed by atoms with Gasteiger partial charge in [-0.2, -0.15) is 0 Å². The van der Waals surface area contributed by atoms with Gasteiger partial charge < -0.3 is 10.2 Å². The molecule has 0 radical (unpaired) electrons. The van der Waals surface area contributed by atoms with Gasteiger partial charge in [0, 0.05) is 24.7 Å². The van der Waals surface area contributed by atoms with Gasteiger partial charge in [0.25, 0.3) is 5.91 Å². The largest absolute Gasteiger partial charge is 0.338 e. The zero-order valence-corrected chi connectivity index (χ0v) is 11.6. The Labute approximate surface area is 115 Å². The molecule has 2 atom stereocenters. The van der Waals surface area contributed by atoms with Gasteiger partial charge in [-0.15, -0.1) is 0 Å². The molecular formula is C16H22N2O.